The van der Waals surface area contributed by atoms with Gasteiger partial charge in [0.15, 0.2) is 11.5 Å². The first kappa shape index (κ1) is 14.0. The second-order valence-electron chi connectivity index (χ2n) is 5.75. The lowest BCUT2D eigenvalue weighted by Crippen LogP contribution is -2.16. The molecule has 2 nitrogen and oxygen atoms in total. The number of alkyl halides is 1. The van der Waals surface area contributed by atoms with Crippen molar-refractivity contribution in [1.82, 2.24) is 0 Å². The van der Waals surface area contributed by atoms with Crippen LogP contribution in [0.4, 0.5) is 0 Å². The van der Waals surface area contributed by atoms with E-state index in [9.17, 15) is 0 Å². The summed E-state index contributed by atoms with van der Waals surface area (Å²) in [6, 6.07) is 3.93. The van der Waals surface area contributed by atoms with E-state index < -0.39 is 0 Å². The van der Waals surface area contributed by atoms with Crippen molar-refractivity contribution in [3.8, 4) is 11.5 Å². The van der Waals surface area contributed by atoms with Gasteiger partial charge in [0.1, 0.15) is 13.2 Å². The molecule has 1 aromatic rings. The van der Waals surface area contributed by atoms with Crippen LogP contribution in [0.2, 0.25) is 0 Å². The van der Waals surface area contributed by atoms with E-state index in [0.717, 1.165) is 28.0 Å². The normalized spacial score (nSPS) is 16.5. The van der Waals surface area contributed by atoms with Crippen molar-refractivity contribution in [3.05, 3.63) is 22.2 Å². The van der Waals surface area contributed by atoms with Crippen LogP contribution in [0.1, 0.15) is 38.1 Å². The number of hydrogen-bond acceptors (Lipinski definition) is 2. The fourth-order valence-electron chi connectivity index (χ4n) is 1.97. The van der Waals surface area contributed by atoms with Crippen LogP contribution in [0, 0.1) is 5.41 Å². The van der Waals surface area contributed by atoms with Crippen molar-refractivity contribution in [2.75, 3.05) is 13.2 Å². The minimum atomic E-state index is -0.0322. The molecule has 1 unspecified atom stereocenters. The number of fused-ring (bicyclic) bond motifs is 1. The molecule has 0 saturated carbocycles. The molecule has 0 aromatic heterocycles. The smallest absolute Gasteiger partial charge is 0.162 e. The molecule has 0 aliphatic carbocycles. The Hall–Kier alpha value is -0.410. The van der Waals surface area contributed by atoms with E-state index in [4.69, 9.17) is 21.1 Å². The van der Waals surface area contributed by atoms with Gasteiger partial charge in [0.05, 0.1) is 5.38 Å². The third-order valence-corrected chi connectivity index (χ3v) is 3.87. The summed E-state index contributed by atoms with van der Waals surface area (Å²) in [5.41, 5.74) is 1.26. The summed E-state index contributed by atoms with van der Waals surface area (Å²) in [5, 5.41) is -0.0322. The van der Waals surface area contributed by atoms with E-state index in [2.05, 4.69) is 36.7 Å². The van der Waals surface area contributed by atoms with Crippen LogP contribution in [0.15, 0.2) is 16.6 Å². The minimum Gasteiger partial charge on any atom is -0.486 e. The molecular formula is C14H18BrClO2. The molecule has 0 bridgehead atoms. The van der Waals surface area contributed by atoms with Crippen molar-refractivity contribution in [2.45, 2.75) is 32.6 Å². The molecule has 1 aliphatic rings. The topological polar surface area (TPSA) is 18.5 Å². The average Bonchev–Trinajstić information content (AvgIpc) is 2.25. The van der Waals surface area contributed by atoms with Gasteiger partial charge in [-0.15, -0.1) is 11.6 Å². The van der Waals surface area contributed by atoms with Crippen LogP contribution in [-0.4, -0.2) is 13.2 Å². The van der Waals surface area contributed by atoms with E-state index in [-0.39, 0.29) is 10.8 Å². The van der Waals surface area contributed by atoms with Crippen LogP contribution >= 0.6 is 27.5 Å². The lowest BCUT2D eigenvalue weighted by atomic mass is 9.88. The van der Waals surface area contributed by atoms with Crippen molar-refractivity contribution in [3.63, 3.8) is 0 Å². The molecule has 0 fully saturated rings. The van der Waals surface area contributed by atoms with E-state index in [0.29, 0.717) is 13.2 Å². The molecule has 1 aliphatic heterocycles. The van der Waals surface area contributed by atoms with E-state index in [1.165, 1.54) is 0 Å². The molecule has 18 heavy (non-hydrogen) atoms. The zero-order valence-electron chi connectivity index (χ0n) is 10.9. The molecule has 0 radical (unpaired) electrons. The van der Waals surface area contributed by atoms with Gasteiger partial charge in [-0.2, -0.15) is 0 Å². The van der Waals surface area contributed by atoms with Gasteiger partial charge < -0.3 is 9.47 Å². The van der Waals surface area contributed by atoms with Gasteiger partial charge in [-0.1, -0.05) is 36.7 Å². The Morgan fingerprint density at radius 1 is 1.22 bits per heavy atom. The summed E-state index contributed by atoms with van der Waals surface area (Å²) in [5.74, 6) is 1.58. The fourth-order valence-corrected chi connectivity index (χ4v) is 3.34. The van der Waals surface area contributed by atoms with Crippen molar-refractivity contribution in [1.29, 1.82) is 0 Å². The Morgan fingerprint density at radius 2 is 1.78 bits per heavy atom. The van der Waals surface area contributed by atoms with Crippen LogP contribution < -0.4 is 9.47 Å². The average molecular weight is 334 g/mol. The Kier molecular flexibility index (Phi) is 4.12. The molecule has 100 valence electrons. The highest BCUT2D eigenvalue weighted by Gasteiger charge is 2.23. The Bertz CT molecular complexity index is 440. The predicted molar refractivity (Wildman–Crippen MR) is 77.8 cm³/mol. The number of ether oxygens (including phenoxy) is 2. The van der Waals surface area contributed by atoms with Crippen LogP contribution in [0.3, 0.4) is 0 Å². The molecule has 0 saturated heterocycles. The molecular weight excluding hydrogens is 316 g/mol. The molecule has 1 aromatic carbocycles. The van der Waals surface area contributed by atoms with Gasteiger partial charge >= 0.3 is 0 Å². The van der Waals surface area contributed by atoms with Gasteiger partial charge in [-0.25, -0.2) is 0 Å². The maximum atomic E-state index is 6.51. The number of rotatable bonds is 2. The largest absolute Gasteiger partial charge is 0.486 e. The monoisotopic (exact) mass is 332 g/mol. The number of benzene rings is 1. The number of halogens is 2. The lowest BCUT2D eigenvalue weighted by Gasteiger charge is -2.25. The highest BCUT2D eigenvalue weighted by molar-refractivity contribution is 9.10. The van der Waals surface area contributed by atoms with Gasteiger partial charge in [0.2, 0.25) is 0 Å². The molecule has 0 N–H and O–H groups in total. The third-order valence-electron chi connectivity index (χ3n) is 2.79. The summed E-state index contributed by atoms with van der Waals surface area (Å²) in [6.45, 7) is 7.77. The zero-order valence-corrected chi connectivity index (χ0v) is 13.3. The standard InChI is InChI=1S/C14H18BrClO2/c1-14(2,3)8-11(16)9-6-12-13(7-10(9)15)18-5-4-17-12/h6-7,11H,4-5,8H2,1-3H3. The Morgan fingerprint density at radius 3 is 2.33 bits per heavy atom. The zero-order chi connectivity index (χ0) is 13.3. The van der Waals surface area contributed by atoms with Crippen LogP contribution in [0.5, 0.6) is 11.5 Å². The van der Waals surface area contributed by atoms with Gasteiger partial charge in [0, 0.05) is 4.47 Å². The first-order valence-corrected chi connectivity index (χ1v) is 7.33. The molecule has 1 heterocycles. The summed E-state index contributed by atoms with van der Waals surface area (Å²) < 4.78 is 12.1. The second-order valence-corrected chi connectivity index (χ2v) is 7.13. The van der Waals surface area contributed by atoms with Gasteiger partial charge in [-0.05, 0) is 29.5 Å². The first-order valence-electron chi connectivity index (χ1n) is 6.10. The summed E-state index contributed by atoms with van der Waals surface area (Å²) >= 11 is 10.1. The van der Waals surface area contributed by atoms with Crippen molar-refractivity contribution >= 4 is 27.5 Å². The SMILES string of the molecule is CC(C)(C)CC(Cl)c1cc2c(cc1Br)OCCO2. The predicted octanol–water partition coefficient (Wildman–Crippen LogP) is 4.94. The summed E-state index contributed by atoms with van der Waals surface area (Å²) in [6.07, 6.45) is 0.910. The highest BCUT2D eigenvalue weighted by Crippen LogP contribution is 2.42. The highest BCUT2D eigenvalue weighted by atomic mass is 79.9. The Labute approximate surface area is 122 Å². The molecule has 4 heteroatoms. The van der Waals surface area contributed by atoms with E-state index in [1.54, 1.807) is 0 Å². The molecule has 0 amide bonds. The number of hydrogen-bond donors (Lipinski definition) is 0. The van der Waals surface area contributed by atoms with Crippen molar-refractivity contribution < 1.29 is 9.47 Å². The Balaban J connectivity index is 2.27. The minimum absolute atomic E-state index is 0.0322. The third kappa shape index (κ3) is 3.33. The maximum Gasteiger partial charge on any atom is 0.162 e. The summed E-state index contributed by atoms with van der Waals surface area (Å²) in [4.78, 5) is 0. The quantitative estimate of drug-likeness (QED) is 0.714. The lowest BCUT2D eigenvalue weighted by molar-refractivity contribution is 0.171. The molecule has 1 atom stereocenters. The maximum absolute atomic E-state index is 6.51. The van der Waals surface area contributed by atoms with E-state index >= 15 is 0 Å². The van der Waals surface area contributed by atoms with Crippen LogP contribution in [-0.2, 0) is 0 Å². The van der Waals surface area contributed by atoms with Crippen LogP contribution in [0.25, 0.3) is 0 Å². The molecule has 2 rings (SSSR count). The van der Waals surface area contributed by atoms with Crippen molar-refractivity contribution in [2.24, 2.45) is 5.41 Å². The van der Waals surface area contributed by atoms with Gasteiger partial charge in [0.25, 0.3) is 0 Å². The summed E-state index contributed by atoms with van der Waals surface area (Å²) in [7, 11) is 0. The van der Waals surface area contributed by atoms with E-state index in [1.807, 2.05) is 12.1 Å². The van der Waals surface area contributed by atoms with Gasteiger partial charge in [-0.3, -0.25) is 0 Å². The first-order chi connectivity index (χ1) is 8.37. The fraction of sp³-hybridized carbons (Fsp3) is 0.571. The second kappa shape index (κ2) is 5.30. The molecule has 0 spiro atoms.